The van der Waals surface area contributed by atoms with E-state index in [-0.39, 0.29) is 12.8 Å². The fraction of sp³-hybridized carbons (Fsp3) is 0.800. The van der Waals surface area contributed by atoms with E-state index in [1.54, 1.807) is 0 Å². The highest BCUT2D eigenvalue weighted by atomic mass is 127. The number of unbranched alkanes of at least 4 members (excludes halogenated alkanes) is 2. The van der Waals surface area contributed by atoms with Gasteiger partial charge < -0.3 is 0 Å². The zero-order valence-corrected chi connectivity index (χ0v) is 13.4. The van der Waals surface area contributed by atoms with Crippen molar-refractivity contribution in [2.45, 2.75) is 78.5 Å². The summed E-state index contributed by atoms with van der Waals surface area (Å²) >= 11 is 2.19. The van der Waals surface area contributed by atoms with Crippen molar-refractivity contribution in [3.63, 3.8) is 0 Å². The van der Waals surface area contributed by atoms with Crippen LogP contribution in [0.3, 0.4) is 0 Å². The molecule has 2 heteroatoms. The molecule has 0 N–H and O–H groups in total. The lowest BCUT2D eigenvalue weighted by atomic mass is 10.0. The Morgan fingerprint density at radius 3 is 2.29 bits per heavy atom. The molecule has 0 spiro atoms. The summed E-state index contributed by atoms with van der Waals surface area (Å²) in [7, 11) is 0. The van der Waals surface area contributed by atoms with Crippen molar-refractivity contribution in [1.29, 1.82) is 0 Å². The number of allylic oxidation sites excluding steroid dienone is 2. The molecule has 0 aliphatic heterocycles. The van der Waals surface area contributed by atoms with Crippen LogP contribution in [0.15, 0.2) is 9.15 Å². The third-order valence-corrected chi connectivity index (χ3v) is 4.17. The predicted octanol–water partition coefficient (Wildman–Crippen LogP) is 5.82. The van der Waals surface area contributed by atoms with Crippen LogP contribution in [-0.2, 0) is 4.79 Å². The van der Waals surface area contributed by atoms with Gasteiger partial charge in [0.2, 0.25) is 0 Å². The second-order valence-electron chi connectivity index (χ2n) is 4.03. The Morgan fingerprint density at radius 1 is 1.06 bits per heavy atom. The smallest absolute Gasteiger partial charge is 0.133 e. The SMILES string of the molecule is [2H]C([2H])(CCCCC)C(=O)C([2H])([2H])C/C(CC)=C(\I)CC. The fourth-order valence-corrected chi connectivity index (χ4v) is 2.06. The summed E-state index contributed by atoms with van der Waals surface area (Å²) < 4.78 is 32.8. The van der Waals surface area contributed by atoms with Gasteiger partial charge in [-0.2, -0.15) is 0 Å². The van der Waals surface area contributed by atoms with Gasteiger partial charge in [0.1, 0.15) is 5.78 Å². The molecule has 0 aromatic carbocycles. The Kier molecular flexibility index (Phi) is 7.28. The van der Waals surface area contributed by atoms with Crippen LogP contribution in [0.2, 0.25) is 0 Å². The minimum atomic E-state index is -2.13. The van der Waals surface area contributed by atoms with Crippen LogP contribution in [0.5, 0.6) is 0 Å². The standard InChI is InChI=1S/C15H27IO/c1-4-7-8-9-10-14(17)12-11-13(5-2)15(16)6-3/h4-12H2,1-3H3/b15-13-/i10D2,12D2. The van der Waals surface area contributed by atoms with Crippen molar-refractivity contribution in [2.24, 2.45) is 0 Å². The van der Waals surface area contributed by atoms with E-state index in [0.717, 1.165) is 28.4 Å². The van der Waals surface area contributed by atoms with Crippen LogP contribution in [-0.4, -0.2) is 5.78 Å². The first-order valence-electron chi connectivity index (χ1n) is 8.53. The Hall–Kier alpha value is 0.140. The van der Waals surface area contributed by atoms with E-state index in [1.807, 2.05) is 20.8 Å². The predicted molar refractivity (Wildman–Crippen MR) is 84.6 cm³/mol. The first kappa shape index (κ1) is 11.0. The molecule has 0 aromatic heterocycles. The number of ketones is 1. The molecule has 0 aromatic rings. The Labute approximate surface area is 126 Å². The highest BCUT2D eigenvalue weighted by Crippen LogP contribution is 2.23. The van der Waals surface area contributed by atoms with Gasteiger partial charge in [0.25, 0.3) is 0 Å². The summed E-state index contributed by atoms with van der Waals surface area (Å²) in [6.07, 6.45) is -0.152. The molecule has 0 radical (unpaired) electrons. The fourth-order valence-electron chi connectivity index (χ4n) is 1.49. The lowest BCUT2D eigenvalue weighted by Gasteiger charge is -2.07. The lowest BCUT2D eigenvalue weighted by molar-refractivity contribution is -0.119. The molecule has 0 rings (SSSR count). The molecule has 0 fully saturated rings. The highest BCUT2D eigenvalue weighted by molar-refractivity contribution is 14.1. The average molecular weight is 354 g/mol. The van der Waals surface area contributed by atoms with E-state index in [4.69, 9.17) is 5.48 Å². The molecule has 0 bridgehead atoms. The molecule has 0 heterocycles. The lowest BCUT2D eigenvalue weighted by Crippen LogP contribution is -1.99. The molecule has 0 saturated carbocycles. The Bertz CT molecular complexity index is 378. The maximum absolute atomic E-state index is 12.3. The quantitative estimate of drug-likeness (QED) is 0.357. The van der Waals surface area contributed by atoms with Crippen LogP contribution >= 0.6 is 22.6 Å². The van der Waals surface area contributed by atoms with E-state index in [0.29, 0.717) is 12.8 Å². The van der Waals surface area contributed by atoms with E-state index in [9.17, 15) is 4.79 Å². The largest absolute Gasteiger partial charge is 0.300 e. The van der Waals surface area contributed by atoms with Gasteiger partial charge in [-0.3, -0.25) is 4.79 Å². The summed E-state index contributed by atoms with van der Waals surface area (Å²) in [5.41, 5.74) is 0.917. The number of carbonyl (C=O) groups is 1. The van der Waals surface area contributed by atoms with E-state index < -0.39 is 18.5 Å². The number of hydrogen-bond donors (Lipinski definition) is 0. The van der Waals surface area contributed by atoms with Crippen molar-refractivity contribution in [3.8, 4) is 0 Å². The summed E-state index contributed by atoms with van der Waals surface area (Å²) in [5.74, 6) is -0.905. The summed E-state index contributed by atoms with van der Waals surface area (Å²) in [6, 6.07) is 0. The minimum Gasteiger partial charge on any atom is -0.300 e. The zero-order chi connectivity index (χ0) is 16.7. The van der Waals surface area contributed by atoms with Gasteiger partial charge in [-0.15, -0.1) is 0 Å². The third-order valence-electron chi connectivity index (χ3n) is 2.65. The zero-order valence-electron chi connectivity index (χ0n) is 15.2. The van der Waals surface area contributed by atoms with Gasteiger partial charge in [-0.25, -0.2) is 0 Å². The van der Waals surface area contributed by atoms with Gasteiger partial charge in [0.15, 0.2) is 0 Å². The molecule has 0 aliphatic carbocycles. The van der Waals surface area contributed by atoms with E-state index in [1.165, 1.54) is 0 Å². The summed E-state index contributed by atoms with van der Waals surface area (Å²) in [6.45, 7) is 5.96. The van der Waals surface area contributed by atoms with Crippen LogP contribution in [0.4, 0.5) is 0 Å². The second-order valence-corrected chi connectivity index (χ2v) is 5.33. The molecule has 1 nitrogen and oxygen atoms in total. The molecular weight excluding hydrogens is 323 g/mol. The Balaban J connectivity index is 5.01. The molecule has 0 amide bonds. The molecule has 0 saturated heterocycles. The first-order chi connectivity index (χ1) is 9.62. The second kappa shape index (κ2) is 11.2. The molecule has 0 unspecified atom stereocenters. The van der Waals surface area contributed by atoms with Crippen LogP contribution in [0.1, 0.15) is 83.9 Å². The van der Waals surface area contributed by atoms with E-state index >= 15 is 0 Å². The van der Waals surface area contributed by atoms with Crippen molar-refractivity contribution in [3.05, 3.63) is 9.15 Å². The number of halogens is 1. The van der Waals surface area contributed by atoms with Gasteiger partial charge in [-0.05, 0) is 51.9 Å². The van der Waals surface area contributed by atoms with Crippen molar-refractivity contribution >= 4 is 28.4 Å². The van der Waals surface area contributed by atoms with Crippen LogP contribution < -0.4 is 0 Å². The van der Waals surface area contributed by atoms with Gasteiger partial charge in [0, 0.05) is 18.2 Å². The third kappa shape index (κ3) is 8.81. The number of carbonyl (C=O) groups excluding carboxylic acids is 1. The first-order valence-corrected chi connectivity index (χ1v) is 7.61. The maximum atomic E-state index is 12.3. The number of rotatable bonds is 10. The molecule has 0 atom stereocenters. The summed E-state index contributed by atoms with van der Waals surface area (Å²) in [4.78, 5) is 12.3. The van der Waals surface area contributed by atoms with Gasteiger partial charge in [-0.1, -0.05) is 45.6 Å². The van der Waals surface area contributed by atoms with Crippen LogP contribution in [0, 0.1) is 0 Å². The van der Waals surface area contributed by atoms with Gasteiger partial charge >= 0.3 is 0 Å². The highest BCUT2D eigenvalue weighted by Gasteiger charge is 2.06. The molecule has 17 heavy (non-hydrogen) atoms. The van der Waals surface area contributed by atoms with Crippen molar-refractivity contribution in [1.82, 2.24) is 0 Å². The molecule has 0 aliphatic rings. The maximum Gasteiger partial charge on any atom is 0.133 e. The monoisotopic (exact) mass is 354 g/mol. The van der Waals surface area contributed by atoms with Crippen LogP contribution in [0.25, 0.3) is 0 Å². The Morgan fingerprint density at radius 2 is 1.76 bits per heavy atom. The van der Waals surface area contributed by atoms with Crippen molar-refractivity contribution < 1.29 is 10.3 Å². The van der Waals surface area contributed by atoms with E-state index in [2.05, 4.69) is 22.6 Å². The van der Waals surface area contributed by atoms with Crippen molar-refractivity contribution in [2.75, 3.05) is 0 Å². The summed E-state index contributed by atoms with van der Waals surface area (Å²) in [5, 5.41) is 0. The normalized spacial score (nSPS) is 17.6. The number of Topliss-reactive ketones (excluding diaryl/α,β-unsaturated/α-hetero) is 1. The molecular formula is C15H27IO. The number of hydrogen-bond acceptors (Lipinski definition) is 1. The average Bonchev–Trinajstić information content (AvgIpc) is 2.43. The topological polar surface area (TPSA) is 17.1 Å². The van der Waals surface area contributed by atoms with Gasteiger partial charge in [0.05, 0.1) is 0 Å². The minimum absolute atomic E-state index is 0.00172. The molecule has 100 valence electrons.